The smallest absolute Gasteiger partial charge is 0.311 e. The molecule has 0 aliphatic heterocycles. The molecule has 0 amide bonds. The first kappa shape index (κ1) is 16.2. The van der Waals surface area contributed by atoms with Crippen LogP contribution in [0.3, 0.4) is 0 Å². The molecule has 0 aliphatic rings. The van der Waals surface area contributed by atoms with Crippen molar-refractivity contribution in [2.45, 2.75) is 12.3 Å². The summed E-state index contributed by atoms with van der Waals surface area (Å²) in [5.41, 5.74) is 1.27. The van der Waals surface area contributed by atoms with Crippen LogP contribution in [0.25, 0.3) is 0 Å². The predicted octanol–water partition coefficient (Wildman–Crippen LogP) is 3.42. The van der Waals surface area contributed by atoms with Gasteiger partial charge in [-0.3, -0.25) is 4.79 Å². The van der Waals surface area contributed by atoms with Crippen LogP contribution in [0.2, 0.25) is 0 Å². The number of ether oxygens (including phenoxy) is 1. The van der Waals surface area contributed by atoms with Gasteiger partial charge in [0.25, 0.3) is 0 Å². The van der Waals surface area contributed by atoms with Crippen LogP contribution in [-0.2, 0) is 11.2 Å². The van der Waals surface area contributed by atoms with E-state index < -0.39 is 11.9 Å². The third kappa shape index (κ3) is 4.15. The summed E-state index contributed by atoms with van der Waals surface area (Å²) in [5.74, 6) is -0.661. The average molecular weight is 321 g/mol. The van der Waals surface area contributed by atoms with Crippen molar-refractivity contribution in [3.63, 3.8) is 0 Å². The summed E-state index contributed by atoms with van der Waals surface area (Å²) in [6, 6.07) is 13.7. The SMILES string of the molecule is O=C(O)C(Cc1ccc(OCCCl)cc1)c1ccccc1O. The Bertz CT molecular complexity index is 625. The molecular weight excluding hydrogens is 304 g/mol. The molecule has 0 heterocycles. The van der Waals surface area contributed by atoms with Gasteiger partial charge in [0.05, 0.1) is 11.8 Å². The lowest BCUT2D eigenvalue weighted by atomic mass is 9.91. The first-order valence-corrected chi connectivity index (χ1v) is 7.43. The Kier molecular flexibility index (Phi) is 5.67. The Morgan fingerprint density at radius 3 is 2.41 bits per heavy atom. The summed E-state index contributed by atoms with van der Waals surface area (Å²) in [4.78, 5) is 11.5. The number of carboxylic acids is 1. The first-order chi connectivity index (χ1) is 10.6. The van der Waals surface area contributed by atoms with E-state index in [1.165, 1.54) is 6.07 Å². The van der Waals surface area contributed by atoms with E-state index in [9.17, 15) is 15.0 Å². The van der Waals surface area contributed by atoms with Gasteiger partial charge in [-0.15, -0.1) is 11.6 Å². The molecule has 0 aliphatic carbocycles. The van der Waals surface area contributed by atoms with Gasteiger partial charge in [0.15, 0.2) is 0 Å². The van der Waals surface area contributed by atoms with Crippen LogP contribution in [0.15, 0.2) is 48.5 Å². The Morgan fingerprint density at radius 2 is 1.82 bits per heavy atom. The van der Waals surface area contributed by atoms with Crippen molar-refractivity contribution < 1.29 is 19.7 Å². The van der Waals surface area contributed by atoms with Crippen molar-refractivity contribution in [3.05, 3.63) is 59.7 Å². The van der Waals surface area contributed by atoms with Crippen LogP contribution in [0.1, 0.15) is 17.0 Å². The van der Waals surface area contributed by atoms with Crippen molar-refractivity contribution in [3.8, 4) is 11.5 Å². The fraction of sp³-hybridized carbons (Fsp3) is 0.235. The normalized spacial score (nSPS) is 11.9. The molecule has 1 atom stereocenters. The molecule has 0 bridgehead atoms. The molecule has 116 valence electrons. The molecular formula is C17H17ClO4. The molecule has 0 saturated carbocycles. The standard InChI is InChI=1S/C17H17ClO4/c18-9-10-22-13-7-5-12(6-8-13)11-15(17(20)21)14-3-1-2-4-16(14)19/h1-8,15,19H,9-11H2,(H,20,21). The number of phenols is 1. The van der Waals surface area contributed by atoms with Crippen molar-refractivity contribution in [1.29, 1.82) is 0 Å². The number of halogens is 1. The molecule has 2 aromatic rings. The molecule has 0 fully saturated rings. The molecule has 0 saturated heterocycles. The summed E-state index contributed by atoms with van der Waals surface area (Å²) >= 11 is 5.56. The van der Waals surface area contributed by atoms with Gasteiger partial charge >= 0.3 is 5.97 Å². The number of benzene rings is 2. The minimum atomic E-state index is -0.969. The van der Waals surface area contributed by atoms with Crippen LogP contribution in [0.4, 0.5) is 0 Å². The minimum Gasteiger partial charge on any atom is -0.508 e. The molecule has 22 heavy (non-hydrogen) atoms. The third-order valence-electron chi connectivity index (χ3n) is 3.32. The number of aromatic hydroxyl groups is 1. The third-order valence-corrected chi connectivity index (χ3v) is 3.47. The Hall–Kier alpha value is -2.20. The first-order valence-electron chi connectivity index (χ1n) is 6.90. The van der Waals surface area contributed by atoms with E-state index in [4.69, 9.17) is 16.3 Å². The van der Waals surface area contributed by atoms with E-state index in [1.54, 1.807) is 30.3 Å². The lowest BCUT2D eigenvalue weighted by molar-refractivity contribution is -0.138. The van der Waals surface area contributed by atoms with Crippen molar-refractivity contribution in [1.82, 2.24) is 0 Å². The second kappa shape index (κ2) is 7.71. The van der Waals surface area contributed by atoms with E-state index >= 15 is 0 Å². The number of phenolic OH excluding ortho intramolecular Hbond substituents is 1. The Morgan fingerprint density at radius 1 is 1.14 bits per heavy atom. The summed E-state index contributed by atoms with van der Waals surface area (Å²) < 4.78 is 5.38. The molecule has 4 nitrogen and oxygen atoms in total. The van der Waals surface area contributed by atoms with E-state index in [-0.39, 0.29) is 5.75 Å². The molecule has 1 unspecified atom stereocenters. The summed E-state index contributed by atoms with van der Waals surface area (Å²) in [7, 11) is 0. The van der Waals surface area contributed by atoms with E-state index in [0.717, 1.165) is 5.56 Å². The zero-order valence-corrected chi connectivity index (χ0v) is 12.7. The number of hydrogen-bond donors (Lipinski definition) is 2. The van der Waals surface area contributed by atoms with Gasteiger partial charge in [-0.1, -0.05) is 30.3 Å². The molecule has 0 spiro atoms. The van der Waals surface area contributed by atoms with Crippen LogP contribution in [0, 0.1) is 0 Å². The Labute approximate surface area is 133 Å². The van der Waals surface area contributed by atoms with Crippen molar-refractivity contribution in [2.24, 2.45) is 0 Å². The van der Waals surface area contributed by atoms with E-state index in [0.29, 0.717) is 30.2 Å². The van der Waals surface area contributed by atoms with Gasteiger partial charge in [-0.05, 0) is 30.2 Å². The highest BCUT2D eigenvalue weighted by atomic mass is 35.5. The maximum absolute atomic E-state index is 11.5. The maximum Gasteiger partial charge on any atom is 0.311 e. The van der Waals surface area contributed by atoms with Gasteiger partial charge < -0.3 is 14.9 Å². The lowest BCUT2D eigenvalue weighted by Crippen LogP contribution is -2.14. The molecule has 0 radical (unpaired) electrons. The Balaban J connectivity index is 2.15. The molecule has 5 heteroatoms. The summed E-state index contributed by atoms with van der Waals surface area (Å²) in [6.07, 6.45) is 0.294. The molecule has 2 rings (SSSR count). The number of para-hydroxylation sites is 1. The average Bonchev–Trinajstić information content (AvgIpc) is 2.52. The van der Waals surface area contributed by atoms with E-state index in [1.807, 2.05) is 12.1 Å². The second-order valence-corrected chi connectivity index (χ2v) is 5.21. The summed E-state index contributed by atoms with van der Waals surface area (Å²) in [6.45, 7) is 0.427. The fourth-order valence-corrected chi connectivity index (χ4v) is 2.30. The van der Waals surface area contributed by atoms with Crippen LogP contribution < -0.4 is 4.74 Å². The highest BCUT2D eigenvalue weighted by Gasteiger charge is 2.23. The summed E-state index contributed by atoms with van der Waals surface area (Å²) in [5, 5.41) is 19.3. The number of aliphatic carboxylic acids is 1. The van der Waals surface area contributed by atoms with Gasteiger partial charge in [-0.2, -0.15) is 0 Å². The van der Waals surface area contributed by atoms with Gasteiger partial charge in [0, 0.05) is 5.56 Å². The zero-order valence-electron chi connectivity index (χ0n) is 11.9. The highest BCUT2D eigenvalue weighted by Crippen LogP contribution is 2.29. The second-order valence-electron chi connectivity index (χ2n) is 4.84. The van der Waals surface area contributed by atoms with E-state index in [2.05, 4.69) is 0 Å². The van der Waals surface area contributed by atoms with Crippen LogP contribution in [-0.4, -0.2) is 28.7 Å². The molecule has 0 aromatic heterocycles. The number of rotatable bonds is 7. The lowest BCUT2D eigenvalue weighted by Gasteiger charge is -2.14. The highest BCUT2D eigenvalue weighted by molar-refractivity contribution is 6.18. The fourth-order valence-electron chi connectivity index (χ4n) is 2.23. The monoisotopic (exact) mass is 320 g/mol. The predicted molar refractivity (Wildman–Crippen MR) is 84.8 cm³/mol. The van der Waals surface area contributed by atoms with Crippen LogP contribution in [0.5, 0.6) is 11.5 Å². The molecule has 2 aromatic carbocycles. The van der Waals surface area contributed by atoms with Crippen molar-refractivity contribution >= 4 is 17.6 Å². The van der Waals surface area contributed by atoms with Gasteiger partial charge in [-0.25, -0.2) is 0 Å². The largest absolute Gasteiger partial charge is 0.508 e. The van der Waals surface area contributed by atoms with Crippen LogP contribution >= 0.6 is 11.6 Å². The van der Waals surface area contributed by atoms with Gasteiger partial charge in [0.2, 0.25) is 0 Å². The number of alkyl halides is 1. The maximum atomic E-state index is 11.5. The zero-order chi connectivity index (χ0) is 15.9. The minimum absolute atomic E-state index is 0.00281. The molecule has 2 N–H and O–H groups in total. The number of carbonyl (C=O) groups is 1. The van der Waals surface area contributed by atoms with Crippen molar-refractivity contribution in [2.75, 3.05) is 12.5 Å². The van der Waals surface area contributed by atoms with Gasteiger partial charge in [0.1, 0.15) is 18.1 Å². The topological polar surface area (TPSA) is 66.8 Å². The number of carboxylic acid groups (broad SMARTS) is 1. The quantitative estimate of drug-likeness (QED) is 0.767. The number of hydrogen-bond acceptors (Lipinski definition) is 3.